The van der Waals surface area contributed by atoms with E-state index in [-0.39, 0.29) is 43.0 Å². The number of aromatic amines is 1. The Hall–Kier alpha value is -5.54. The first-order valence-corrected chi connectivity index (χ1v) is 15.2. The number of nitrogens with zero attached hydrogens (tertiary/aromatic N) is 4. The number of benzene rings is 1. The van der Waals surface area contributed by atoms with E-state index in [0.717, 1.165) is 35.1 Å². The summed E-state index contributed by atoms with van der Waals surface area (Å²) in [6.45, 7) is 1.38. The van der Waals surface area contributed by atoms with Gasteiger partial charge in [-0.25, -0.2) is 9.97 Å². The second kappa shape index (κ2) is 12.1. The predicted molar refractivity (Wildman–Crippen MR) is 168 cm³/mol. The molecule has 6 heterocycles. The second-order valence-electron chi connectivity index (χ2n) is 11.7. The number of imide groups is 1. The van der Waals surface area contributed by atoms with Crippen LogP contribution in [0.25, 0.3) is 10.9 Å². The van der Waals surface area contributed by atoms with Crippen molar-refractivity contribution in [1.29, 1.82) is 0 Å². The molecule has 2 fully saturated rings. The molecule has 3 aromatic heterocycles. The average molecular weight is 618 g/mol. The minimum Gasteiger partial charge on any atom is -0.479 e. The van der Waals surface area contributed by atoms with Crippen LogP contribution in [-0.4, -0.2) is 74.6 Å². The topological polar surface area (TPSA) is 150 Å². The van der Waals surface area contributed by atoms with Gasteiger partial charge in [-0.05, 0) is 68.8 Å². The van der Waals surface area contributed by atoms with Crippen molar-refractivity contribution < 1.29 is 23.9 Å². The van der Waals surface area contributed by atoms with Gasteiger partial charge in [0, 0.05) is 53.5 Å². The maximum Gasteiger partial charge on any atom is 0.275 e. The van der Waals surface area contributed by atoms with Crippen molar-refractivity contribution in [3.8, 4) is 17.6 Å². The molecule has 3 N–H and O–H groups in total. The summed E-state index contributed by atoms with van der Waals surface area (Å²) >= 11 is 0. The number of nitrogens with one attached hydrogen (secondary N) is 3. The fraction of sp³-hybridized carbons (Fsp3) is 0.294. The van der Waals surface area contributed by atoms with Crippen molar-refractivity contribution in [2.24, 2.45) is 0 Å². The number of H-pyrrole nitrogens is 1. The Kier molecular flexibility index (Phi) is 7.68. The number of fused-ring (bicyclic) bond motifs is 2. The molecule has 2 saturated heterocycles. The van der Waals surface area contributed by atoms with Crippen LogP contribution >= 0.6 is 0 Å². The van der Waals surface area contributed by atoms with Crippen LogP contribution in [0.3, 0.4) is 0 Å². The van der Waals surface area contributed by atoms with Gasteiger partial charge in [0.05, 0.1) is 11.7 Å². The lowest BCUT2D eigenvalue weighted by Crippen LogP contribution is -2.52. The van der Waals surface area contributed by atoms with Gasteiger partial charge in [-0.3, -0.25) is 29.4 Å². The maximum atomic E-state index is 13.0. The van der Waals surface area contributed by atoms with Crippen LogP contribution in [-0.2, 0) is 16.1 Å². The average Bonchev–Trinajstić information content (AvgIpc) is 3.76. The Morgan fingerprint density at radius 3 is 2.76 bits per heavy atom. The van der Waals surface area contributed by atoms with Gasteiger partial charge in [0.1, 0.15) is 29.9 Å². The number of ether oxygens (including phenoxy) is 1. The smallest absolute Gasteiger partial charge is 0.275 e. The quantitative estimate of drug-likeness (QED) is 0.221. The van der Waals surface area contributed by atoms with Gasteiger partial charge in [-0.2, -0.15) is 0 Å². The van der Waals surface area contributed by atoms with Crippen molar-refractivity contribution in [1.82, 2.24) is 30.1 Å². The van der Waals surface area contributed by atoms with Crippen LogP contribution in [0.5, 0.6) is 5.75 Å². The van der Waals surface area contributed by atoms with E-state index in [9.17, 15) is 19.2 Å². The SMILES string of the molecule is CN1CCCC1c1cc2cnc(NC(=O)c3ccc(OCC#Cc4cccc5c4CN(C4CCC(=O)NC4=O)C5=O)cn3)cc2[nH]1. The number of aromatic nitrogens is 3. The van der Waals surface area contributed by atoms with Crippen LogP contribution in [0.1, 0.15) is 69.4 Å². The van der Waals surface area contributed by atoms with Gasteiger partial charge in [-0.1, -0.05) is 17.9 Å². The van der Waals surface area contributed by atoms with E-state index in [4.69, 9.17) is 4.74 Å². The summed E-state index contributed by atoms with van der Waals surface area (Å²) in [6.07, 6.45) is 5.99. The highest BCUT2D eigenvalue weighted by Crippen LogP contribution is 2.32. The summed E-state index contributed by atoms with van der Waals surface area (Å²) in [4.78, 5) is 65.7. The van der Waals surface area contributed by atoms with E-state index >= 15 is 0 Å². The summed E-state index contributed by atoms with van der Waals surface area (Å²) in [7, 11) is 2.13. The Labute approximate surface area is 264 Å². The zero-order chi connectivity index (χ0) is 31.8. The van der Waals surface area contributed by atoms with Crippen LogP contribution in [0.2, 0.25) is 0 Å². The lowest BCUT2D eigenvalue weighted by molar-refractivity contribution is -0.136. The zero-order valence-corrected chi connectivity index (χ0v) is 25.1. The number of carbonyl (C=O) groups excluding carboxylic acids is 4. The van der Waals surface area contributed by atoms with Crippen molar-refractivity contribution in [2.45, 2.75) is 44.3 Å². The van der Waals surface area contributed by atoms with Crippen LogP contribution < -0.4 is 15.4 Å². The predicted octanol–water partition coefficient (Wildman–Crippen LogP) is 3.17. The molecule has 4 aromatic rings. The van der Waals surface area contributed by atoms with Crippen molar-refractivity contribution in [3.05, 3.63) is 82.9 Å². The lowest BCUT2D eigenvalue weighted by Gasteiger charge is -2.29. The van der Waals surface area contributed by atoms with Gasteiger partial charge >= 0.3 is 0 Å². The molecule has 12 heteroatoms. The summed E-state index contributed by atoms with van der Waals surface area (Å²) in [5.74, 6) is 5.48. The number of rotatable bonds is 6. The largest absolute Gasteiger partial charge is 0.479 e. The molecular formula is C34H31N7O5. The molecule has 232 valence electrons. The summed E-state index contributed by atoms with van der Waals surface area (Å²) in [5.41, 5.74) is 4.19. The molecule has 0 radical (unpaired) electrons. The standard InChI is InChI=1S/C34H31N7O5/c1-40-13-3-8-28(40)27-15-21-17-36-30(16-26(21)37-27)38-32(43)25-10-9-22(18-35-25)46-14-4-6-20-5-2-7-23-24(20)19-41(34(23)45)29-11-12-31(42)39-33(29)44/h2,5,7,9-10,15-18,28-29,37H,3,8,11-14,19H2,1H3,(H,36,38,43)(H,39,42,44). The summed E-state index contributed by atoms with van der Waals surface area (Å²) in [5, 5.41) is 6.12. The normalized spacial score (nSPS) is 19.5. The van der Waals surface area contributed by atoms with Gasteiger partial charge in [-0.15, -0.1) is 0 Å². The third-order valence-corrected chi connectivity index (χ3v) is 8.73. The summed E-state index contributed by atoms with van der Waals surface area (Å²) in [6, 6.07) is 12.1. The second-order valence-corrected chi connectivity index (χ2v) is 11.7. The molecule has 1 aromatic carbocycles. The highest BCUT2D eigenvalue weighted by molar-refractivity contribution is 6.06. The first-order chi connectivity index (χ1) is 22.3. The van der Waals surface area contributed by atoms with Crippen molar-refractivity contribution in [2.75, 3.05) is 25.5 Å². The number of amides is 4. The van der Waals surface area contributed by atoms with Gasteiger partial charge in [0.15, 0.2) is 0 Å². The first kappa shape index (κ1) is 29.2. The maximum absolute atomic E-state index is 13.0. The third-order valence-electron chi connectivity index (χ3n) is 8.73. The molecule has 7 rings (SSSR count). The molecule has 12 nitrogen and oxygen atoms in total. The molecule has 0 saturated carbocycles. The monoisotopic (exact) mass is 617 g/mol. The Bertz CT molecular complexity index is 1940. The molecule has 2 unspecified atom stereocenters. The fourth-order valence-corrected chi connectivity index (χ4v) is 6.33. The number of anilines is 1. The molecule has 46 heavy (non-hydrogen) atoms. The van der Waals surface area contributed by atoms with Crippen LogP contribution in [0.15, 0.2) is 54.9 Å². The number of hydrogen-bond acceptors (Lipinski definition) is 8. The van der Waals surface area contributed by atoms with Crippen molar-refractivity contribution >= 4 is 40.3 Å². The highest BCUT2D eigenvalue weighted by atomic mass is 16.5. The van der Waals surface area contributed by atoms with E-state index in [0.29, 0.717) is 35.2 Å². The zero-order valence-electron chi connectivity index (χ0n) is 25.1. The van der Waals surface area contributed by atoms with Crippen molar-refractivity contribution in [3.63, 3.8) is 0 Å². The Morgan fingerprint density at radius 2 is 1.98 bits per heavy atom. The molecule has 4 amide bonds. The number of pyridine rings is 2. The number of piperidine rings is 1. The molecule has 2 atom stereocenters. The van der Waals surface area contributed by atoms with E-state index in [1.54, 1.807) is 30.5 Å². The number of carbonyl (C=O) groups is 4. The van der Waals surface area contributed by atoms with E-state index in [2.05, 4.69) is 55.4 Å². The molecule has 3 aliphatic heterocycles. The van der Waals surface area contributed by atoms with Gasteiger partial charge < -0.3 is 19.9 Å². The van der Waals surface area contributed by atoms with Gasteiger partial charge in [0.25, 0.3) is 11.8 Å². The Morgan fingerprint density at radius 1 is 1.09 bits per heavy atom. The molecule has 3 aliphatic rings. The van der Waals surface area contributed by atoms with E-state index in [1.807, 2.05) is 12.1 Å². The number of likely N-dealkylation sites (tertiary alicyclic amines) is 1. The third kappa shape index (κ3) is 5.68. The van der Waals surface area contributed by atoms with Gasteiger partial charge in [0.2, 0.25) is 11.8 Å². The minimum atomic E-state index is -0.685. The van der Waals surface area contributed by atoms with Crippen LogP contribution in [0.4, 0.5) is 5.82 Å². The molecule has 0 spiro atoms. The first-order valence-electron chi connectivity index (χ1n) is 15.2. The molecule has 0 bridgehead atoms. The lowest BCUT2D eigenvalue weighted by atomic mass is 10.0. The Balaban J connectivity index is 0.951. The van der Waals surface area contributed by atoms with Crippen LogP contribution in [0, 0.1) is 11.8 Å². The molecular weight excluding hydrogens is 586 g/mol. The number of hydrogen-bond donors (Lipinski definition) is 3. The highest BCUT2D eigenvalue weighted by Gasteiger charge is 2.39. The van der Waals surface area contributed by atoms with E-state index < -0.39 is 11.9 Å². The van der Waals surface area contributed by atoms with E-state index in [1.165, 1.54) is 17.5 Å². The molecule has 0 aliphatic carbocycles. The fourth-order valence-electron chi connectivity index (χ4n) is 6.33. The summed E-state index contributed by atoms with van der Waals surface area (Å²) < 4.78 is 5.71. The minimum absolute atomic E-state index is 0.0560.